The van der Waals surface area contributed by atoms with Crippen molar-refractivity contribution in [1.82, 2.24) is 4.90 Å². The lowest BCUT2D eigenvalue weighted by atomic mass is 9.78. The van der Waals surface area contributed by atoms with Gasteiger partial charge in [-0.05, 0) is 97.3 Å². The molecule has 1 saturated carbocycles. The van der Waals surface area contributed by atoms with E-state index in [1.807, 2.05) is 4.90 Å². The third-order valence-electron chi connectivity index (χ3n) is 5.70. The van der Waals surface area contributed by atoms with Gasteiger partial charge in [-0.25, -0.2) is 0 Å². The zero-order valence-electron chi connectivity index (χ0n) is 36.2. The van der Waals surface area contributed by atoms with E-state index in [1.165, 1.54) is 25.1 Å². The first kappa shape index (κ1) is 11.8. The molecule has 1 aliphatic heterocycles. The van der Waals surface area contributed by atoms with E-state index in [0.717, 1.165) is 19.5 Å². The van der Waals surface area contributed by atoms with Crippen molar-refractivity contribution in [1.29, 1.82) is 0 Å². The van der Waals surface area contributed by atoms with Crippen molar-refractivity contribution in [2.45, 2.75) is 84.2 Å². The third-order valence-corrected chi connectivity index (χ3v) is 5.70. The van der Waals surface area contributed by atoms with E-state index >= 15 is 0 Å². The summed E-state index contributed by atoms with van der Waals surface area (Å²) in [5.74, 6) is -7.22. The van der Waals surface area contributed by atoms with Crippen LogP contribution in [0.2, 0.25) is 0 Å². The average Bonchev–Trinajstić information content (AvgIpc) is 2.98. The third kappa shape index (κ3) is 6.46. The highest BCUT2D eigenvalue weighted by molar-refractivity contribution is 5.98. The number of hydrogen-bond acceptors (Lipinski definition) is 3. The number of alkyl halides is 3. The summed E-state index contributed by atoms with van der Waals surface area (Å²) < 4.78 is 185. The van der Waals surface area contributed by atoms with Crippen LogP contribution in [0, 0.1) is 5.89 Å². The number of nitrogens with zero attached hydrogens (tertiary/aromatic N) is 2. The Hall–Kier alpha value is -2.34. The maximum absolute atomic E-state index is 14.7. The van der Waals surface area contributed by atoms with Gasteiger partial charge in [0, 0.05) is 27.1 Å². The highest BCUT2D eigenvalue weighted by atomic mass is 19.4. The first-order valence-corrected chi connectivity index (χ1v) is 11.0. The van der Waals surface area contributed by atoms with Crippen molar-refractivity contribution in [3.63, 3.8) is 0 Å². The summed E-state index contributed by atoms with van der Waals surface area (Å²) >= 11 is 0. The van der Waals surface area contributed by atoms with Gasteiger partial charge in [0.1, 0.15) is 6.56 Å². The van der Waals surface area contributed by atoms with Crippen molar-refractivity contribution < 1.29 is 41.3 Å². The van der Waals surface area contributed by atoms with Gasteiger partial charge >= 0.3 is 6.18 Å². The maximum atomic E-state index is 14.7. The minimum absolute atomic E-state index is 0.0931. The van der Waals surface area contributed by atoms with Crippen LogP contribution in [0.25, 0.3) is 0 Å². The predicted octanol–water partition coefficient (Wildman–Crippen LogP) is 7.71. The molecule has 0 unspecified atom stereocenters. The predicted molar refractivity (Wildman–Crippen MR) is 135 cm³/mol. The molecule has 0 spiro atoms. The number of rotatable bonds is 8. The van der Waals surface area contributed by atoms with E-state index in [0.29, 0.717) is 24.6 Å². The summed E-state index contributed by atoms with van der Waals surface area (Å²) in [4.78, 5) is 6.98. The molecule has 0 bridgehead atoms. The number of oxime groups is 1. The van der Waals surface area contributed by atoms with Gasteiger partial charge in [-0.3, -0.25) is 4.90 Å². The maximum Gasteiger partial charge on any atom is 0.416 e. The molecule has 3 nitrogen and oxygen atoms in total. The van der Waals surface area contributed by atoms with Crippen molar-refractivity contribution >= 4 is 5.71 Å². The first-order valence-electron chi connectivity index (χ1n) is 19.5. The monoisotopic (exact) mass is 503 g/mol. The Morgan fingerprint density at radius 2 is 1.94 bits per heavy atom. The van der Waals surface area contributed by atoms with Crippen molar-refractivity contribution in [3.8, 4) is 0 Å². The molecule has 6 heteroatoms. The lowest BCUT2D eigenvalue weighted by molar-refractivity contribution is -0.138. The van der Waals surface area contributed by atoms with Crippen LogP contribution in [0.4, 0.5) is 13.2 Å². The Balaban J connectivity index is 1.79. The van der Waals surface area contributed by atoms with Gasteiger partial charge in [0.05, 0.1) is 14.0 Å². The first-order chi connectivity index (χ1) is 23.1. The van der Waals surface area contributed by atoms with Crippen LogP contribution in [0.5, 0.6) is 0 Å². The molecule has 2 aliphatic rings. The van der Waals surface area contributed by atoms with Gasteiger partial charge in [-0.2, -0.15) is 13.2 Å². The Labute approximate surface area is 231 Å². The topological polar surface area (TPSA) is 24.8 Å². The molecule has 2 fully saturated rings. The van der Waals surface area contributed by atoms with Gasteiger partial charge in [-0.15, -0.1) is 0 Å². The van der Waals surface area contributed by atoms with E-state index in [4.69, 9.17) is 28.1 Å². The van der Waals surface area contributed by atoms with Crippen molar-refractivity contribution in [2.24, 2.45) is 11.0 Å². The number of likely N-dealkylation sites (tertiary alicyclic amines) is 1. The minimum atomic E-state index is -5.56. The molecular formula is C29H37F3N2O. The normalized spacial score (nSPS) is 39.9. The van der Waals surface area contributed by atoms with Crippen LogP contribution in [0.1, 0.15) is 115 Å². The van der Waals surface area contributed by atoms with Gasteiger partial charge in [0.2, 0.25) is 0 Å². The highest BCUT2D eigenvalue weighted by Gasteiger charge is 2.36. The number of benzene rings is 2. The lowest BCUT2D eigenvalue weighted by Gasteiger charge is -2.31. The quantitative estimate of drug-likeness (QED) is 0.272. The van der Waals surface area contributed by atoms with E-state index in [9.17, 15) is 13.2 Å². The van der Waals surface area contributed by atoms with E-state index < -0.39 is 79.9 Å². The van der Waals surface area contributed by atoms with Crippen LogP contribution < -0.4 is 0 Å². The minimum Gasteiger partial charge on any atom is -0.391 e. The second-order valence-corrected chi connectivity index (χ2v) is 8.25. The van der Waals surface area contributed by atoms with E-state index in [2.05, 4.69) is 5.16 Å². The fourth-order valence-electron chi connectivity index (χ4n) is 3.60. The Kier molecular flexibility index (Phi) is 3.76. The summed E-state index contributed by atoms with van der Waals surface area (Å²) in [6.45, 7) is -2.71. The van der Waals surface area contributed by atoms with Gasteiger partial charge in [-0.1, -0.05) is 55.9 Å². The van der Waals surface area contributed by atoms with Crippen LogP contribution in [-0.4, -0.2) is 23.7 Å². The summed E-state index contributed by atoms with van der Waals surface area (Å²) in [5.41, 5.74) is -4.28. The van der Waals surface area contributed by atoms with Gasteiger partial charge in [0.15, 0.2) is 0 Å². The summed E-state index contributed by atoms with van der Waals surface area (Å²) in [5, 5.41) is 3.67. The van der Waals surface area contributed by atoms with Crippen LogP contribution in [0.3, 0.4) is 0 Å². The molecule has 1 heterocycles. The van der Waals surface area contributed by atoms with Gasteiger partial charge in [0.25, 0.3) is 0 Å². The lowest BCUT2D eigenvalue weighted by Crippen LogP contribution is -2.36. The number of hydrogen-bond donors (Lipinski definition) is 0. The molecule has 0 atom stereocenters. The summed E-state index contributed by atoms with van der Waals surface area (Å²) in [6, 6.07) is 5.20. The number of halogens is 3. The highest BCUT2D eigenvalue weighted by Crippen LogP contribution is 2.42. The zero-order chi connectivity index (χ0) is 40.1. The molecule has 0 amide bonds. The zero-order valence-corrected chi connectivity index (χ0v) is 19.2. The summed E-state index contributed by atoms with van der Waals surface area (Å²) in [7, 11) is 0. The van der Waals surface area contributed by atoms with E-state index in [1.54, 1.807) is 0 Å². The molecule has 0 aromatic heterocycles. The Morgan fingerprint density at radius 3 is 2.60 bits per heavy atom. The van der Waals surface area contributed by atoms with Crippen molar-refractivity contribution in [2.75, 3.05) is 13.1 Å². The molecule has 1 aliphatic carbocycles. The molecule has 1 saturated heterocycles. The molecule has 2 aromatic carbocycles. The molecule has 190 valence electrons. The van der Waals surface area contributed by atoms with Crippen molar-refractivity contribution in [3.05, 3.63) is 69.8 Å². The van der Waals surface area contributed by atoms with E-state index in [-0.39, 0.29) is 29.4 Å². The molecule has 2 aromatic rings. The summed E-state index contributed by atoms with van der Waals surface area (Å²) in [6.07, 6.45) is -22.9. The Bertz CT molecular complexity index is 1700. The molecule has 0 N–H and O–H groups in total. The molecule has 4 rings (SSSR count). The van der Waals surface area contributed by atoms with Crippen LogP contribution >= 0.6 is 0 Å². The molecular weight excluding hydrogens is 449 g/mol. The average molecular weight is 504 g/mol. The second-order valence-electron chi connectivity index (χ2n) is 8.25. The van der Waals surface area contributed by atoms with Gasteiger partial charge < -0.3 is 4.84 Å². The largest absolute Gasteiger partial charge is 0.416 e. The fourth-order valence-corrected chi connectivity index (χ4v) is 3.60. The van der Waals surface area contributed by atoms with Crippen LogP contribution in [-0.2, 0) is 30.5 Å². The fraction of sp³-hybridized carbons (Fsp3) is 0.552. The van der Waals surface area contributed by atoms with Crippen LogP contribution in [0.15, 0.2) is 41.6 Å². The SMILES string of the molecule is [2H]C([2H])(O/N=C(\C)c1ccc(CN2CCC2)c(C([2H])([2H])C([2H])([2H])[2H])c1)c1ccc(C2([2H])C([2H])([2H])C([2H])([2H])C([2H])(C)C([2H])([2H])C2([2H])[2H])c(C(F)(F)F)c1. The smallest absolute Gasteiger partial charge is 0.391 e. The standard InChI is InChI=1S/C29H37F3N2O/c1-4-23-17-25(11-12-26(23)18-34-14-5-15-34)21(3)33-35-19-22-8-13-27(28(16-22)29(30,31)32)24-9-6-20(2)7-10-24/h8,11-13,16-17,20,24H,4-7,9-10,14-15,18-19H2,1-3H3/b33-21+/i1D3,4D2,6D2,7D2,9D2,10D2,19D2,20D,24D. The molecule has 0 radical (unpaired) electrons. The second kappa shape index (κ2) is 11.2. The molecule has 35 heavy (non-hydrogen) atoms. The Morgan fingerprint density at radius 1 is 1.17 bits per heavy atom. The number of aryl methyl sites for hydroxylation is 1.